The fraction of sp³-hybridized carbons (Fsp3) is 0.361. The molecule has 3 heterocycles. The number of hydrogen-bond donors (Lipinski definition) is 3. The Kier molecular flexibility index (Phi) is 9.20. The van der Waals surface area contributed by atoms with Crippen molar-refractivity contribution in [3.8, 4) is 11.1 Å². The minimum absolute atomic E-state index is 0.0232. The van der Waals surface area contributed by atoms with Crippen LogP contribution in [-0.4, -0.2) is 53.0 Å². The number of carbonyl (C=O) groups is 1. The van der Waals surface area contributed by atoms with Gasteiger partial charge in [0.1, 0.15) is 5.82 Å². The average Bonchev–Trinajstić information content (AvgIpc) is 3.02. The van der Waals surface area contributed by atoms with Crippen LogP contribution in [0.4, 0.5) is 17.2 Å². The van der Waals surface area contributed by atoms with Crippen LogP contribution in [0.15, 0.2) is 77.9 Å². The number of nitrogens with zero attached hydrogens (tertiary/aromatic N) is 3. The molecule has 0 aliphatic carbocycles. The molecule has 8 heteroatoms. The molecule has 0 atom stereocenters. The van der Waals surface area contributed by atoms with E-state index in [4.69, 9.17) is 0 Å². The van der Waals surface area contributed by atoms with Gasteiger partial charge in [-0.3, -0.25) is 14.5 Å². The standard InChI is InChI=1S/C36H44N6O2/c1-24(2)41-16-18-42(19-17-41)30-14-15-33(38-23-30)37-22-28-20-27(21-39-34(28)43)31-8-7-9-32(25(31)3)40-35(44)26-10-12-29(13-11-26)36(4,5)6/h7-15,20-21,23-24H,16-19,22H2,1-6H3,(H,37,38)(H,39,43)(H,40,44). The molecule has 1 aliphatic heterocycles. The molecule has 44 heavy (non-hydrogen) atoms. The molecular weight excluding hydrogens is 548 g/mol. The lowest BCUT2D eigenvalue weighted by atomic mass is 9.86. The summed E-state index contributed by atoms with van der Waals surface area (Å²) in [6.45, 7) is 17.3. The molecule has 0 bridgehead atoms. The van der Waals surface area contributed by atoms with E-state index in [1.54, 1.807) is 6.20 Å². The Balaban J connectivity index is 1.25. The second-order valence-electron chi connectivity index (χ2n) is 12.9. The SMILES string of the molecule is Cc1c(NC(=O)c2ccc(C(C)(C)C)cc2)cccc1-c1c[nH]c(=O)c(CNc2ccc(N3CCN(C(C)C)CC3)cn2)c1. The van der Waals surface area contributed by atoms with Crippen LogP contribution in [0.1, 0.15) is 61.7 Å². The number of H-pyrrole nitrogens is 1. The van der Waals surface area contributed by atoms with Crippen LogP contribution >= 0.6 is 0 Å². The monoisotopic (exact) mass is 592 g/mol. The summed E-state index contributed by atoms with van der Waals surface area (Å²) < 4.78 is 0. The van der Waals surface area contributed by atoms with E-state index in [-0.39, 0.29) is 16.9 Å². The van der Waals surface area contributed by atoms with Crippen LogP contribution in [0.2, 0.25) is 0 Å². The molecule has 0 radical (unpaired) electrons. The number of nitrogens with one attached hydrogen (secondary N) is 3. The number of anilines is 3. The van der Waals surface area contributed by atoms with Gasteiger partial charge in [-0.1, -0.05) is 45.0 Å². The summed E-state index contributed by atoms with van der Waals surface area (Å²) in [7, 11) is 0. The first-order valence-electron chi connectivity index (χ1n) is 15.4. The first kappa shape index (κ1) is 31.0. The van der Waals surface area contributed by atoms with Crippen molar-refractivity contribution >= 4 is 23.1 Å². The van der Waals surface area contributed by atoms with Crippen molar-refractivity contribution in [1.29, 1.82) is 0 Å². The third-order valence-electron chi connectivity index (χ3n) is 8.50. The summed E-state index contributed by atoms with van der Waals surface area (Å²) in [4.78, 5) is 38.1. The Bertz CT molecular complexity index is 1640. The summed E-state index contributed by atoms with van der Waals surface area (Å²) in [5.74, 6) is 0.559. The van der Waals surface area contributed by atoms with Gasteiger partial charge in [0, 0.05) is 61.8 Å². The number of aromatic amines is 1. The van der Waals surface area contributed by atoms with Crippen LogP contribution in [0.3, 0.4) is 0 Å². The van der Waals surface area contributed by atoms with E-state index >= 15 is 0 Å². The second-order valence-corrected chi connectivity index (χ2v) is 12.9. The molecular formula is C36H44N6O2. The zero-order valence-electron chi connectivity index (χ0n) is 26.7. The molecule has 5 rings (SSSR count). The smallest absolute Gasteiger partial charge is 0.255 e. The molecule has 2 aromatic heterocycles. The Labute approximate surface area is 260 Å². The molecule has 4 aromatic rings. The Morgan fingerprint density at radius 2 is 1.73 bits per heavy atom. The van der Waals surface area contributed by atoms with Crippen molar-refractivity contribution in [3.05, 3.63) is 106 Å². The van der Waals surface area contributed by atoms with E-state index in [0.717, 1.165) is 60.1 Å². The number of pyridine rings is 2. The maximum absolute atomic E-state index is 13.1. The highest BCUT2D eigenvalue weighted by atomic mass is 16.1. The van der Waals surface area contributed by atoms with Gasteiger partial charge in [0.15, 0.2) is 0 Å². The molecule has 8 nitrogen and oxygen atoms in total. The van der Waals surface area contributed by atoms with Crippen LogP contribution in [0, 0.1) is 6.92 Å². The summed E-state index contributed by atoms with van der Waals surface area (Å²) in [5.41, 5.74) is 6.83. The number of hydrogen-bond acceptors (Lipinski definition) is 6. The molecule has 1 fully saturated rings. The Hall–Kier alpha value is -4.43. The second kappa shape index (κ2) is 13.1. The van der Waals surface area contributed by atoms with Gasteiger partial charge < -0.3 is 20.5 Å². The fourth-order valence-electron chi connectivity index (χ4n) is 5.58. The molecule has 2 aromatic carbocycles. The van der Waals surface area contributed by atoms with E-state index in [2.05, 4.69) is 71.1 Å². The maximum Gasteiger partial charge on any atom is 0.255 e. The van der Waals surface area contributed by atoms with Gasteiger partial charge in [0.2, 0.25) is 0 Å². The van der Waals surface area contributed by atoms with Gasteiger partial charge in [-0.2, -0.15) is 0 Å². The van der Waals surface area contributed by atoms with Crippen LogP contribution in [0.5, 0.6) is 0 Å². The minimum atomic E-state index is -0.159. The molecule has 0 saturated carbocycles. The third-order valence-corrected chi connectivity index (χ3v) is 8.50. The highest BCUT2D eigenvalue weighted by Gasteiger charge is 2.19. The first-order chi connectivity index (χ1) is 21.0. The van der Waals surface area contributed by atoms with E-state index in [0.29, 0.717) is 23.7 Å². The molecule has 230 valence electrons. The lowest BCUT2D eigenvalue weighted by Gasteiger charge is -2.38. The van der Waals surface area contributed by atoms with Gasteiger partial charge in [0.25, 0.3) is 11.5 Å². The predicted molar refractivity (Wildman–Crippen MR) is 181 cm³/mol. The van der Waals surface area contributed by atoms with Gasteiger partial charge in [0.05, 0.1) is 11.9 Å². The summed E-state index contributed by atoms with van der Waals surface area (Å²) in [6.07, 6.45) is 3.62. The van der Waals surface area contributed by atoms with Crippen LogP contribution in [-0.2, 0) is 12.0 Å². The molecule has 1 amide bonds. The summed E-state index contributed by atoms with van der Waals surface area (Å²) in [5, 5.41) is 6.37. The average molecular weight is 593 g/mol. The van der Waals surface area contributed by atoms with Crippen LogP contribution < -0.4 is 21.1 Å². The molecule has 3 N–H and O–H groups in total. The summed E-state index contributed by atoms with van der Waals surface area (Å²) in [6, 6.07) is 20.1. The van der Waals surface area contributed by atoms with Crippen molar-refractivity contribution in [2.75, 3.05) is 41.7 Å². The quantitative estimate of drug-likeness (QED) is 0.218. The normalized spacial score (nSPS) is 14.1. The number of aromatic nitrogens is 2. The zero-order chi connectivity index (χ0) is 31.4. The van der Waals surface area contributed by atoms with Crippen LogP contribution in [0.25, 0.3) is 11.1 Å². The summed E-state index contributed by atoms with van der Waals surface area (Å²) >= 11 is 0. The van der Waals surface area contributed by atoms with Crippen molar-refractivity contribution < 1.29 is 4.79 Å². The largest absolute Gasteiger partial charge is 0.368 e. The van der Waals surface area contributed by atoms with Gasteiger partial charge in [-0.05, 0) is 84.8 Å². The molecule has 0 unspecified atom stereocenters. The number of benzene rings is 2. The van der Waals surface area contributed by atoms with E-state index in [9.17, 15) is 9.59 Å². The van der Waals surface area contributed by atoms with Gasteiger partial charge >= 0.3 is 0 Å². The number of piperazine rings is 1. The van der Waals surface area contributed by atoms with Crippen molar-refractivity contribution in [2.45, 2.75) is 59.5 Å². The highest BCUT2D eigenvalue weighted by Crippen LogP contribution is 2.29. The van der Waals surface area contributed by atoms with Gasteiger partial charge in [-0.15, -0.1) is 0 Å². The highest BCUT2D eigenvalue weighted by molar-refractivity contribution is 6.05. The lowest BCUT2D eigenvalue weighted by molar-refractivity contribution is 0.102. The van der Waals surface area contributed by atoms with Crippen molar-refractivity contribution in [1.82, 2.24) is 14.9 Å². The van der Waals surface area contributed by atoms with E-state index in [1.807, 2.05) is 67.7 Å². The van der Waals surface area contributed by atoms with Crippen molar-refractivity contribution in [3.63, 3.8) is 0 Å². The molecule has 1 saturated heterocycles. The van der Waals surface area contributed by atoms with E-state index in [1.165, 1.54) is 5.56 Å². The number of amides is 1. The fourth-order valence-corrected chi connectivity index (χ4v) is 5.58. The number of carbonyl (C=O) groups excluding carboxylic acids is 1. The molecule has 0 spiro atoms. The Morgan fingerprint density at radius 3 is 2.36 bits per heavy atom. The van der Waals surface area contributed by atoms with E-state index < -0.39 is 0 Å². The Morgan fingerprint density at radius 1 is 1.00 bits per heavy atom. The number of rotatable bonds is 8. The van der Waals surface area contributed by atoms with Gasteiger partial charge in [-0.25, -0.2) is 4.98 Å². The topological polar surface area (TPSA) is 93.4 Å². The maximum atomic E-state index is 13.1. The zero-order valence-corrected chi connectivity index (χ0v) is 26.7. The van der Waals surface area contributed by atoms with Crippen molar-refractivity contribution in [2.24, 2.45) is 0 Å². The first-order valence-corrected chi connectivity index (χ1v) is 15.4. The minimum Gasteiger partial charge on any atom is -0.368 e. The molecule has 1 aliphatic rings. The third kappa shape index (κ3) is 7.19. The lowest BCUT2D eigenvalue weighted by Crippen LogP contribution is -2.48. The predicted octanol–water partition coefficient (Wildman–Crippen LogP) is 6.44.